The first-order chi connectivity index (χ1) is 9.06. The molecule has 0 saturated heterocycles. The number of benzene rings is 1. The maximum Gasteiger partial charge on any atom is 0.272 e. The predicted molar refractivity (Wildman–Crippen MR) is 72.1 cm³/mol. The number of nitrogens with one attached hydrogen (secondary N) is 2. The highest BCUT2D eigenvalue weighted by Crippen LogP contribution is 2.21. The summed E-state index contributed by atoms with van der Waals surface area (Å²) in [5.74, 6) is 0.0497. The second-order valence-corrected chi connectivity index (χ2v) is 4.78. The van der Waals surface area contributed by atoms with Crippen LogP contribution >= 0.6 is 0 Å². The van der Waals surface area contributed by atoms with Gasteiger partial charge in [0.2, 0.25) is 5.91 Å². The molecule has 1 aromatic carbocycles. The number of carbonyl (C=O) groups is 1. The van der Waals surface area contributed by atoms with Crippen molar-refractivity contribution in [3.05, 3.63) is 33.9 Å². The minimum absolute atomic E-state index is 0.0497. The third kappa shape index (κ3) is 3.94. The van der Waals surface area contributed by atoms with Crippen molar-refractivity contribution in [2.45, 2.75) is 32.2 Å². The van der Waals surface area contributed by atoms with E-state index >= 15 is 0 Å². The largest absolute Gasteiger partial charge is 0.385 e. The van der Waals surface area contributed by atoms with Crippen molar-refractivity contribution in [3.8, 4) is 0 Å². The molecule has 0 atom stereocenters. The zero-order valence-corrected chi connectivity index (χ0v) is 10.8. The average molecular weight is 263 g/mol. The highest BCUT2D eigenvalue weighted by atomic mass is 16.6. The van der Waals surface area contributed by atoms with E-state index in [9.17, 15) is 14.9 Å². The van der Waals surface area contributed by atoms with Gasteiger partial charge in [-0.05, 0) is 31.9 Å². The summed E-state index contributed by atoms with van der Waals surface area (Å²) in [6, 6.07) is 5.23. The lowest BCUT2D eigenvalue weighted by molar-refractivity contribution is -0.385. The Bertz CT molecular complexity index is 498. The van der Waals surface area contributed by atoms with Gasteiger partial charge in [0.1, 0.15) is 0 Å². The molecule has 1 aromatic rings. The third-order valence-electron chi connectivity index (χ3n) is 3.02. The summed E-state index contributed by atoms with van der Waals surface area (Å²) >= 11 is 0. The molecule has 0 aromatic heterocycles. The highest BCUT2D eigenvalue weighted by Gasteiger charge is 2.22. The molecule has 1 saturated carbocycles. The van der Waals surface area contributed by atoms with Crippen molar-refractivity contribution in [3.63, 3.8) is 0 Å². The second kappa shape index (κ2) is 5.69. The summed E-state index contributed by atoms with van der Waals surface area (Å²) in [5, 5.41) is 16.7. The van der Waals surface area contributed by atoms with E-state index in [1.807, 2.05) is 0 Å². The van der Waals surface area contributed by atoms with Gasteiger partial charge in [0.25, 0.3) is 5.69 Å². The van der Waals surface area contributed by atoms with Gasteiger partial charge in [0, 0.05) is 36.3 Å². The average Bonchev–Trinajstić information content (AvgIpc) is 3.12. The van der Waals surface area contributed by atoms with Crippen LogP contribution in [0.25, 0.3) is 0 Å². The molecule has 1 fully saturated rings. The van der Waals surface area contributed by atoms with Crippen molar-refractivity contribution in [1.29, 1.82) is 0 Å². The number of hydrogen-bond donors (Lipinski definition) is 2. The number of nitro benzene ring substituents is 1. The summed E-state index contributed by atoms with van der Waals surface area (Å²) < 4.78 is 0. The molecule has 102 valence electrons. The molecule has 1 aliphatic carbocycles. The second-order valence-electron chi connectivity index (χ2n) is 4.78. The van der Waals surface area contributed by atoms with E-state index in [1.165, 1.54) is 6.07 Å². The SMILES string of the molecule is Cc1cc(NCCC(=O)NC2CC2)ccc1[N+](=O)[O-]. The Labute approximate surface area is 111 Å². The van der Waals surface area contributed by atoms with Gasteiger partial charge in [0.05, 0.1) is 4.92 Å². The Morgan fingerprint density at radius 3 is 2.79 bits per heavy atom. The number of aryl methyl sites for hydroxylation is 1. The van der Waals surface area contributed by atoms with Crippen LogP contribution in [0, 0.1) is 17.0 Å². The Kier molecular flexibility index (Phi) is 3.99. The minimum Gasteiger partial charge on any atom is -0.385 e. The van der Waals surface area contributed by atoms with E-state index < -0.39 is 4.92 Å². The summed E-state index contributed by atoms with van der Waals surface area (Å²) in [6.07, 6.45) is 2.58. The van der Waals surface area contributed by atoms with E-state index in [4.69, 9.17) is 0 Å². The lowest BCUT2D eigenvalue weighted by atomic mass is 10.2. The zero-order valence-electron chi connectivity index (χ0n) is 10.8. The molecule has 2 rings (SSSR count). The van der Waals surface area contributed by atoms with Gasteiger partial charge in [0.15, 0.2) is 0 Å². The number of nitrogens with zero attached hydrogens (tertiary/aromatic N) is 1. The van der Waals surface area contributed by atoms with Gasteiger partial charge in [-0.3, -0.25) is 14.9 Å². The Hall–Kier alpha value is -2.11. The monoisotopic (exact) mass is 263 g/mol. The third-order valence-corrected chi connectivity index (χ3v) is 3.02. The first-order valence-electron chi connectivity index (χ1n) is 6.34. The fourth-order valence-corrected chi connectivity index (χ4v) is 1.82. The van der Waals surface area contributed by atoms with E-state index in [2.05, 4.69) is 10.6 Å². The summed E-state index contributed by atoms with van der Waals surface area (Å²) in [6.45, 7) is 2.22. The molecular formula is C13H17N3O3. The molecule has 19 heavy (non-hydrogen) atoms. The molecule has 6 heteroatoms. The molecular weight excluding hydrogens is 246 g/mol. The van der Waals surface area contributed by atoms with Crippen LogP contribution in [0.15, 0.2) is 18.2 Å². The molecule has 6 nitrogen and oxygen atoms in total. The number of hydrogen-bond acceptors (Lipinski definition) is 4. The van der Waals surface area contributed by atoms with E-state index in [1.54, 1.807) is 19.1 Å². The smallest absolute Gasteiger partial charge is 0.272 e. The molecule has 0 aliphatic heterocycles. The first kappa shape index (κ1) is 13.3. The lowest BCUT2D eigenvalue weighted by Gasteiger charge is -2.07. The molecule has 0 radical (unpaired) electrons. The van der Waals surface area contributed by atoms with Crippen LogP contribution in [0.4, 0.5) is 11.4 Å². The Morgan fingerprint density at radius 2 is 2.21 bits per heavy atom. The fraction of sp³-hybridized carbons (Fsp3) is 0.462. The Balaban J connectivity index is 1.80. The van der Waals surface area contributed by atoms with Gasteiger partial charge in [-0.25, -0.2) is 0 Å². The quantitative estimate of drug-likeness (QED) is 0.607. The van der Waals surface area contributed by atoms with Crippen LogP contribution in [0.1, 0.15) is 24.8 Å². The van der Waals surface area contributed by atoms with Crippen molar-refractivity contribution in [2.75, 3.05) is 11.9 Å². The van der Waals surface area contributed by atoms with Gasteiger partial charge < -0.3 is 10.6 Å². The topological polar surface area (TPSA) is 84.3 Å². The van der Waals surface area contributed by atoms with Gasteiger partial charge in [-0.2, -0.15) is 0 Å². The standard InChI is InChI=1S/C13H17N3O3/c1-9-8-11(4-5-12(9)16(18)19)14-7-6-13(17)15-10-2-3-10/h4-5,8,10,14H,2-3,6-7H2,1H3,(H,15,17). The molecule has 1 amide bonds. The maximum absolute atomic E-state index is 11.5. The Morgan fingerprint density at radius 1 is 1.47 bits per heavy atom. The zero-order chi connectivity index (χ0) is 13.8. The van der Waals surface area contributed by atoms with Crippen LogP contribution in [0.2, 0.25) is 0 Å². The van der Waals surface area contributed by atoms with Crippen LogP contribution in [-0.4, -0.2) is 23.4 Å². The van der Waals surface area contributed by atoms with E-state index in [-0.39, 0.29) is 11.6 Å². The number of anilines is 1. The minimum atomic E-state index is -0.401. The number of nitro groups is 1. The molecule has 2 N–H and O–H groups in total. The van der Waals surface area contributed by atoms with E-state index in [0.29, 0.717) is 24.6 Å². The molecule has 1 aliphatic rings. The molecule has 0 bridgehead atoms. The number of rotatable bonds is 6. The maximum atomic E-state index is 11.5. The lowest BCUT2D eigenvalue weighted by Crippen LogP contribution is -2.27. The van der Waals surface area contributed by atoms with Crippen molar-refractivity contribution >= 4 is 17.3 Å². The number of amides is 1. The fourth-order valence-electron chi connectivity index (χ4n) is 1.82. The highest BCUT2D eigenvalue weighted by molar-refractivity contribution is 5.77. The van der Waals surface area contributed by atoms with Crippen LogP contribution in [-0.2, 0) is 4.79 Å². The molecule has 0 heterocycles. The van der Waals surface area contributed by atoms with Crippen molar-refractivity contribution in [1.82, 2.24) is 5.32 Å². The normalized spacial score (nSPS) is 13.9. The van der Waals surface area contributed by atoms with Crippen molar-refractivity contribution < 1.29 is 9.72 Å². The van der Waals surface area contributed by atoms with Gasteiger partial charge in [-0.15, -0.1) is 0 Å². The summed E-state index contributed by atoms with van der Waals surface area (Å²) in [4.78, 5) is 21.7. The van der Waals surface area contributed by atoms with Crippen LogP contribution in [0.5, 0.6) is 0 Å². The summed E-state index contributed by atoms with van der Waals surface area (Å²) in [5.41, 5.74) is 1.51. The van der Waals surface area contributed by atoms with Crippen LogP contribution in [0.3, 0.4) is 0 Å². The molecule has 0 spiro atoms. The van der Waals surface area contributed by atoms with Gasteiger partial charge in [-0.1, -0.05) is 0 Å². The first-order valence-corrected chi connectivity index (χ1v) is 6.34. The summed E-state index contributed by atoms with van der Waals surface area (Å²) in [7, 11) is 0. The number of carbonyl (C=O) groups excluding carboxylic acids is 1. The van der Waals surface area contributed by atoms with Crippen molar-refractivity contribution in [2.24, 2.45) is 0 Å². The van der Waals surface area contributed by atoms with E-state index in [0.717, 1.165) is 18.5 Å². The van der Waals surface area contributed by atoms with Crippen LogP contribution < -0.4 is 10.6 Å². The predicted octanol–water partition coefficient (Wildman–Crippen LogP) is 1.98. The van der Waals surface area contributed by atoms with Gasteiger partial charge >= 0.3 is 0 Å². The molecule has 0 unspecified atom stereocenters.